The third kappa shape index (κ3) is 2.23. The van der Waals surface area contributed by atoms with Gasteiger partial charge in [-0.25, -0.2) is 0 Å². The second-order valence-electron chi connectivity index (χ2n) is 7.38. The number of anilines is 1. The molecular formula is C25H22N2. The number of hydrogen-bond acceptors (Lipinski definition) is 2. The van der Waals surface area contributed by atoms with Gasteiger partial charge in [0.2, 0.25) is 0 Å². The highest BCUT2D eigenvalue weighted by Crippen LogP contribution is 2.56. The number of rotatable bonds is 2. The Morgan fingerprint density at radius 2 is 1.37 bits per heavy atom. The van der Waals surface area contributed by atoms with E-state index in [0.29, 0.717) is 0 Å². The molecule has 2 nitrogen and oxygen atoms in total. The van der Waals surface area contributed by atoms with Gasteiger partial charge in [-0.05, 0) is 51.9 Å². The van der Waals surface area contributed by atoms with Crippen molar-refractivity contribution in [3.05, 3.63) is 113 Å². The summed E-state index contributed by atoms with van der Waals surface area (Å²) in [6.45, 7) is 0. The highest BCUT2D eigenvalue weighted by atomic mass is 14.6. The lowest BCUT2D eigenvalue weighted by atomic mass is 9.66. The number of nitrogen functional groups attached to an aromatic ring is 1. The fraction of sp³-hybridized carbons (Fsp3) is 0.120. The Morgan fingerprint density at radius 3 is 1.93 bits per heavy atom. The summed E-state index contributed by atoms with van der Waals surface area (Å²) in [5.41, 5.74) is 20.4. The Bertz CT molecular complexity index is 1030. The van der Waals surface area contributed by atoms with E-state index < -0.39 is 0 Å². The maximum Gasteiger partial charge on any atom is 0.0710 e. The van der Waals surface area contributed by atoms with Gasteiger partial charge in [0.05, 0.1) is 5.41 Å². The highest BCUT2D eigenvalue weighted by Gasteiger charge is 2.46. The zero-order chi connectivity index (χ0) is 18.4. The molecule has 0 radical (unpaired) electrons. The Labute approximate surface area is 159 Å². The molecule has 0 amide bonds. The normalized spacial score (nSPS) is 19.3. The van der Waals surface area contributed by atoms with Gasteiger partial charge in [-0.2, -0.15) is 0 Å². The third-order valence-corrected chi connectivity index (χ3v) is 5.86. The summed E-state index contributed by atoms with van der Waals surface area (Å²) in [4.78, 5) is 0. The lowest BCUT2D eigenvalue weighted by Gasteiger charge is -2.36. The summed E-state index contributed by atoms with van der Waals surface area (Å²) in [6, 6.07) is 25.9. The van der Waals surface area contributed by atoms with Crippen LogP contribution in [0.3, 0.4) is 0 Å². The number of nitrogens with two attached hydrogens (primary N) is 2. The van der Waals surface area contributed by atoms with Gasteiger partial charge in [0.1, 0.15) is 0 Å². The minimum atomic E-state index is -0.336. The predicted molar refractivity (Wildman–Crippen MR) is 112 cm³/mol. The lowest BCUT2D eigenvalue weighted by Crippen LogP contribution is -2.31. The van der Waals surface area contributed by atoms with E-state index in [1.165, 1.54) is 33.4 Å². The van der Waals surface area contributed by atoms with Gasteiger partial charge in [0.15, 0.2) is 0 Å². The van der Waals surface area contributed by atoms with Crippen LogP contribution in [-0.2, 0) is 5.41 Å². The molecule has 0 aliphatic heterocycles. The van der Waals surface area contributed by atoms with Crippen LogP contribution in [0.25, 0.3) is 11.1 Å². The predicted octanol–water partition coefficient (Wildman–Crippen LogP) is 4.80. The van der Waals surface area contributed by atoms with E-state index in [4.69, 9.17) is 11.5 Å². The van der Waals surface area contributed by atoms with Gasteiger partial charge >= 0.3 is 0 Å². The van der Waals surface area contributed by atoms with Crippen molar-refractivity contribution in [2.45, 2.75) is 17.9 Å². The molecule has 0 aromatic heterocycles. The van der Waals surface area contributed by atoms with Crippen molar-refractivity contribution >= 4 is 5.69 Å². The number of fused-ring (bicyclic) bond motifs is 3. The van der Waals surface area contributed by atoms with Crippen LogP contribution in [-0.4, -0.2) is 6.04 Å². The van der Waals surface area contributed by atoms with Crippen LogP contribution in [0.4, 0.5) is 5.69 Å². The summed E-state index contributed by atoms with van der Waals surface area (Å²) >= 11 is 0. The molecule has 27 heavy (non-hydrogen) atoms. The molecule has 0 saturated heterocycles. The lowest BCUT2D eigenvalue weighted by molar-refractivity contribution is 0.730. The molecule has 4 N–H and O–H groups in total. The zero-order valence-corrected chi connectivity index (χ0v) is 15.1. The first-order chi connectivity index (χ1) is 13.2. The molecule has 132 valence electrons. The monoisotopic (exact) mass is 350 g/mol. The molecule has 0 saturated carbocycles. The summed E-state index contributed by atoms with van der Waals surface area (Å²) in [6.07, 6.45) is 7.49. The molecule has 2 aliphatic carbocycles. The standard InChI is InChI=1S/C25H22N2/c26-19-13-9-17(10-14-19)25(18-11-15-20(27)16-12-18)23-7-3-1-5-21(23)22-6-2-4-8-24(22)25/h1-15,20H,16,26-27H2. The third-order valence-electron chi connectivity index (χ3n) is 5.86. The fourth-order valence-electron chi connectivity index (χ4n) is 4.67. The summed E-state index contributed by atoms with van der Waals surface area (Å²) in [7, 11) is 0. The number of benzene rings is 3. The van der Waals surface area contributed by atoms with Gasteiger partial charge in [-0.15, -0.1) is 0 Å². The Kier molecular flexibility index (Phi) is 3.56. The molecular weight excluding hydrogens is 328 g/mol. The van der Waals surface area contributed by atoms with E-state index in [2.05, 4.69) is 78.9 Å². The van der Waals surface area contributed by atoms with E-state index in [1.807, 2.05) is 12.1 Å². The molecule has 5 rings (SSSR count). The van der Waals surface area contributed by atoms with Crippen molar-refractivity contribution in [2.75, 3.05) is 5.73 Å². The zero-order valence-electron chi connectivity index (χ0n) is 15.1. The average Bonchev–Trinajstić information content (AvgIpc) is 3.01. The minimum absolute atomic E-state index is 0.0871. The van der Waals surface area contributed by atoms with E-state index in [-0.39, 0.29) is 11.5 Å². The average molecular weight is 350 g/mol. The van der Waals surface area contributed by atoms with Gasteiger partial charge in [-0.1, -0.05) is 78.9 Å². The van der Waals surface area contributed by atoms with Crippen molar-refractivity contribution in [3.8, 4) is 11.1 Å². The summed E-state index contributed by atoms with van der Waals surface area (Å²) in [5.74, 6) is 0. The second kappa shape index (κ2) is 5.97. The molecule has 3 aromatic carbocycles. The highest BCUT2D eigenvalue weighted by molar-refractivity contribution is 5.86. The second-order valence-corrected chi connectivity index (χ2v) is 7.38. The first kappa shape index (κ1) is 16.1. The molecule has 0 bridgehead atoms. The number of allylic oxidation sites excluding steroid dienone is 2. The molecule has 2 heteroatoms. The van der Waals surface area contributed by atoms with Crippen molar-refractivity contribution in [3.63, 3.8) is 0 Å². The van der Waals surface area contributed by atoms with Gasteiger partial charge < -0.3 is 11.5 Å². The van der Waals surface area contributed by atoms with Gasteiger partial charge in [0.25, 0.3) is 0 Å². The molecule has 0 spiro atoms. The molecule has 2 aliphatic rings. The van der Waals surface area contributed by atoms with Crippen LogP contribution in [0, 0.1) is 0 Å². The van der Waals surface area contributed by atoms with Crippen LogP contribution < -0.4 is 11.5 Å². The van der Waals surface area contributed by atoms with Gasteiger partial charge in [-0.3, -0.25) is 0 Å². The summed E-state index contributed by atoms with van der Waals surface area (Å²) < 4.78 is 0. The SMILES string of the molecule is Nc1ccc(C2(C3=CCC(N)C=C3)c3ccccc3-c3ccccc32)cc1. The smallest absolute Gasteiger partial charge is 0.0710 e. The largest absolute Gasteiger partial charge is 0.399 e. The van der Waals surface area contributed by atoms with E-state index in [1.54, 1.807) is 0 Å². The van der Waals surface area contributed by atoms with Crippen LogP contribution in [0.15, 0.2) is 96.6 Å². The molecule has 1 atom stereocenters. The molecule has 0 fully saturated rings. The Balaban J connectivity index is 1.89. The quantitative estimate of drug-likeness (QED) is 0.653. The van der Waals surface area contributed by atoms with Crippen molar-refractivity contribution in [1.82, 2.24) is 0 Å². The van der Waals surface area contributed by atoms with E-state index >= 15 is 0 Å². The summed E-state index contributed by atoms with van der Waals surface area (Å²) in [5, 5.41) is 0. The molecule has 3 aromatic rings. The fourth-order valence-corrected chi connectivity index (χ4v) is 4.67. The van der Waals surface area contributed by atoms with Crippen LogP contribution in [0.1, 0.15) is 23.1 Å². The van der Waals surface area contributed by atoms with Crippen LogP contribution >= 0.6 is 0 Å². The topological polar surface area (TPSA) is 52.0 Å². The Morgan fingerprint density at radius 1 is 0.778 bits per heavy atom. The molecule has 0 heterocycles. The first-order valence-electron chi connectivity index (χ1n) is 9.41. The maximum absolute atomic E-state index is 6.14. The van der Waals surface area contributed by atoms with E-state index in [0.717, 1.165) is 12.1 Å². The van der Waals surface area contributed by atoms with Crippen LogP contribution in [0.2, 0.25) is 0 Å². The maximum atomic E-state index is 6.14. The van der Waals surface area contributed by atoms with Crippen molar-refractivity contribution in [2.24, 2.45) is 5.73 Å². The first-order valence-corrected chi connectivity index (χ1v) is 9.41. The van der Waals surface area contributed by atoms with E-state index in [9.17, 15) is 0 Å². The van der Waals surface area contributed by atoms with Crippen molar-refractivity contribution < 1.29 is 0 Å². The molecule has 1 unspecified atom stereocenters. The Hall–Kier alpha value is -3.10. The van der Waals surface area contributed by atoms with Crippen molar-refractivity contribution in [1.29, 1.82) is 0 Å². The number of hydrogen-bond donors (Lipinski definition) is 2. The minimum Gasteiger partial charge on any atom is -0.399 e. The van der Waals surface area contributed by atoms with Gasteiger partial charge in [0, 0.05) is 11.7 Å². The van der Waals surface area contributed by atoms with Crippen LogP contribution in [0.5, 0.6) is 0 Å².